The van der Waals surface area contributed by atoms with Crippen molar-refractivity contribution >= 4 is 17.8 Å². The van der Waals surface area contributed by atoms with E-state index in [0.717, 1.165) is 6.42 Å². The molecule has 2 atom stereocenters. The van der Waals surface area contributed by atoms with Crippen molar-refractivity contribution in [3.8, 4) is 0 Å². The zero-order chi connectivity index (χ0) is 13.1. The van der Waals surface area contributed by atoms with Crippen molar-refractivity contribution < 1.29 is 19.5 Å². The summed E-state index contributed by atoms with van der Waals surface area (Å²) >= 11 is 0. The van der Waals surface area contributed by atoms with E-state index in [-0.39, 0.29) is 30.3 Å². The number of rotatable bonds is 4. The van der Waals surface area contributed by atoms with Gasteiger partial charge in [0.2, 0.25) is 11.8 Å². The molecule has 2 rings (SSSR count). The lowest BCUT2D eigenvalue weighted by atomic mass is 10.1. The van der Waals surface area contributed by atoms with Crippen LogP contribution in [0.2, 0.25) is 0 Å². The van der Waals surface area contributed by atoms with E-state index >= 15 is 0 Å². The quantitative estimate of drug-likeness (QED) is 0.738. The number of hydrogen-bond donors (Lipinski definition) is 2. The second-order valence-corrected chi connectivity index (χ2v) is 5.03. The summed E-state index contributed by atoms with van der Waals surface area (Å²) in [4.78, 5) is 35.4. The molecule has 2 fully saturated rings. The molecule has 2 unspecified atom stereocenters. The number of aliphatic carboxylic acids is 1. The van der Waals surface area contributed by atoms with Crippen LogP contribution in [0.15, 0.2) is 0 Å². The van der Waals surface area contributed by atoms with Crippen LogP contribution in [0.1, 0.15) is 32.1 Å². The van der Waals surface area contributed by atoms with E-state index in [1.165, 1.54) is 0 Å². The number of nitrogens with zero attached hydrogens (tertiary/aromatic N) is 1. The van der Waals surface area contributed by atoms with Crippen molar-refractivity contribution in [2.24, 2.45) is 5.92 Å². The Morgan fingerprint density at radius 1 is 1.39 bits per heavy atom. The van der Waals surface area contributed by atoms with Gasteiger partial charge >= 0.3 is 5.97 Å². The standard InChI is InChI=1S/C12H18N2O4/c15-10(7-14-5-1-2-11(14)16)13-9-4-3-8(6-9)12(17)18/h8-9H,1-7H2,(H,13,15)(H,17,18). The van der Waals surface area contributed by atoms with Crippen LogP contribution in [0.4, 0.5) is 0 Å². The maximum absolute atomic E-state index is 11.7. The Morgan fingerprint density at radius 2 is 2.17 bits per heavy atom. The van der Waals surface area contributed by atoms with Gasteiger partial charge in [-0.25, -0.2) is 0 Å². The number of carboxylic acid groups (broad SMARTS) is 1. The van der Waals surface area contributed by atoms with Crippen molar-refractivity contribution in [2.75, 3.05) is 13.1 Å². The molecular weight excluding hydrogens is 236 g/mol. The van der Waals surface area contributed by atoms with Crippen molar-refractivity contribution in [1.29, 1.82) is 0 Å². The number of carbonyl (C=O) groups is 3. The van der Waals surface area contributed by atoms with Gasteiger partial charge in [0, 0.05) is 19.0 Å². The van der Waals surface area contributed by atoms with Gasteiger partial charge < -0.3 is 15.3 Å². The molecule has 0 aromatic carbocycles. The van der Waals surface area contributed by atoms with Gasteiger partial charge in [-0.1, -0.05) is 0 Å². The monoisotopic (exact) mass is 254 g/mol. The van der Waals surface area contributed by atoms with Crippen molar-refractivity contribution in [3.05, 3.63) is 0 Å². The van der Waals surface area contributed by atoms with E-state index in [1.54, 1.807) is 4.90 Å². The number of amides is 2. The highest BCUT2D eigenvalue weighted by Crippen LogP contribution is 2.25. The van der Waals surface area contributed by atoms with Crippen LogP contribution in [0.25, 0.3) is 0 Å². The smallest absolute Gasteiger partial charge is 0.306 e. The highest BCUT2D eigenvalue weighted by molar-refractivity contribution is 5.86. The zero-order valence-electron chi connectivity index (χ0n) is 10.2. The molecule has 0 bridgehead atoms. The highest BCUT2D eigenvalue weighted by Gasteiger charge is 2.31. The lowest BCUT2D eigenvalue weighted by Crippen LogP contribution is -2.41. The SMILES string of the molecule is O=C(CN1CCCC1=O)NC1CCC(C(=O)O)C1. The van der Waals surface area contributed by atoms with Crippen molar-refractivity contribution in [2.45, 2.75) is 38.1 Å². The first-order valence-electron chi connectivity index (χ1n) is 6.36. The molecule has 1 heterocycles. The molecule has 18 heavy (non-hydrogen) atoms. The fourth-order valence-electron chi connectivity index (χ4n) is 2.65. The van der Waals surface area contributed by atoms with Crippen LogP contribution in [-0.4, -0.2) is 46.9 Å². The molecular formula is C12H18N2O4. The predicted octanol–water partition coefficient (Wildman–Crippen LogP) is -0.0217. The van der Waals surface area contributed by atoms with Crippen LogP contribution in [0.3, 0.4) is 0 Å². The normalized spacial score (nSPS) is 27.6. The van der Waals surface area contributed by atoms with Crippen LogP contribution < -0.4 is 5.32 Å². The van der Waals surface area contributed by atoms with Gasteiger partial charge in [0.05, 0.1) is 12.5 Å². The minimum atomic E-state index is -0.790. The number of hydrogen-bond acceptors (Lipinski definition) is 3. The minimum Gasteiger partial charge on any atom is -0.481 e. The first kappa shape index (κ1) is 12.9. The minimum absolute atomic E-state index is 0.0278. The molecule has 1 saturated carbocycles. The van der Waals surface area contributed by atoms with Gasteiger partial charge in [-0.2, -0.15) is 0 Å². The summed E-state index contributed by atoms with van der Waals surface area (Å²) in [6.07, 6.45) is 3.16. The molecule has 1 aliphatic carbocycles. The highest BCUT2D eigenvalue weighted by atomic mass is 16.4. The summed E-state index contributed by atoms with van der Waals surface area (Å²) in [6.45, 7) is 0.752. The van der Waals surface area contributed by atoms with Crippen LogP contribution in [0, 0.1) is 5.92 Å². The summed E-state index contributed by atoms with van der Waals surface area (Å²) in [5, 5.41) is 11.7. The summed E-state index contributed by atoms with van der Waals surface area (Å²) in [7, 11) is 0. The van der Waals surface area contributed by atoms with E-state index in [9.17, 15) is 14.4 Å². The van der Waals surface area contributed by atoms with E-state index in [4.69, 9.17) is 5.11 Å². The third-order valence-electron chi connectivity index (χ3n) is 3.65. The molecule has 1 aliphatic heterocycles. The Labute approximate surface area is 105 Å². The molecule has 2 N–H and O–H groups in total. The number of carboxylic acids is 1. The van der Waals surface area contributed by atoms with E-state index < -0.39 is 5.97 Å². The van der Waals surface area contributed by atoms with E-state index in [2.05, 4.69) is 5.32 Å². The Bertz CT molecular complexity index is 369. The molecule has 0 aromatic heterocycles. The lowest BCUT2D eigenvalue weighted by molar-refractivity contribution is -0.141. The molecule has 2 amide bonds. The summed E-state index contributed by atoms with van der Waals surface area (Å²) < 4.78 is 0. The average molecular weight is 254 g/mol. The first-order valence-corrected chi connectivity index (χ1v) is 6.36. The maximum atomic E-state index is 11.7. The largest absolute Gasteiger partial charge is 0.481 e. The number of likely N-dealkylation sites (tertiary alicyclic amines) is 1. The van der Waals surface area contributed by atoms with Gasteiger partial charge in [0.1, 0.15) is 0 Å². The van der Waals surface area contributed by atoms with Crippen LogP contribution in [0.5, 0.6) is 0 Å². The summed E-state index contributed by atoms with van der Waals surface area (Å²) in [5.74, 6) is -1.29. The molecule has 100 valence electrons. The van der Waals surface area contributed by atoms with Crippen LogP contribution >= 0.6 is 0 Å². The third kappa shape index (κ3) is 3.00. The molecule has 0 radical (unpaired) electrons. The predicted molar refractivity (Wildman–Crippen MR) is 62.7 cm³/mol. The molecule has 1 saturated heterocycles. The van der Waals surface area contributed by atoms with Gasteiger partial charge in [-0.3, -0.25) is 14.4 Å². The van der Waals surface area contributed by atoms with E-state index in [0.29, 0.717) is 32.2 Å². The van der Waals surface area contributed by atoms with Gasteiger partial charge in [0.25, 0.3) is 0 Å². The molecule has 0 aromatic rings. The fourth-order valence-corrected chi connectivity index (χ4v) is 2.65. The Morgan fingerprint density at radius 3 is 2.72 bits per heavy atom. The Balaban J connectivity index is 1.75. The Hall–Kier alpha value is -1.59. The summed E-state index contributed by atoms with van der Waals surface area (Å²) in [6, 6.07) is -0.0590. The topological polar surface area (TPSA) is 86.7 Å². The fraction of sp³-hybridized carbons (Fsp3) is 0.750. The summed E-state index contributed by atoms with van der Waals surface area (Å²) in [5.41, 5.74) is 0. The molecule has 2 aliphatic rings. The molecule has 0 spiro atoms. The van der Waals surface area contributed by atoms with Gasteiger partial charge in [-0.15, -0.1) is 0 Å². The number of carbonyl (C=O) groups excluding carboxylic acids is 2. The molecule has 6 nitrogen and oxygen atoms in total. The van der Waals surface area contributed by atoms with Crippen LogP contribution in [-0.2, 0) is 14.4 Å². The average Bonchev–Trinajstić information content (AvgIpc) is 2.89. The molecule has 6 heteroatoms. The van der Waals surface area contributed by atoms with Crippen molar-refractivity contribution in [1.82, 2.24) is 10.2 Å². The third-order valence-corrected chi connectivity index (χ3v) is 3.65. The zero-order valence-corrected chi connectivity index (χ0v) is 10.2. The van der Waals surface area contributed by atoms with E-state index in [1.807, 2.05) is 0 Å². The van der Waals surface area contributed by atoms with Gasteiger partial charge in [-0.05, 0) is 25.7 Å². The second kappa shape index (κ2) is 5.37. The maximum Gasteiger partial charge on any atom is 0.306 e. The Kier molecular flexibility index (Phi) is 3.84. The van der Waals surface area contributed by atoms with Gasteiger partial charge in [0.15, 0.2) is 0 Å². The second-order valence-electron chi connectivity index (χ2n) is 5.03. The lowest BCUT2D eigenvalue weighted by Gasteiger charge is -2.17. The van der Waals surface area contributed by atoms with Crippen molar-refractivity contribution in [3.63, 3.8) is 0 Å². The number of nitrogens with one attached hydrogen (secondary N) is 1. The first-order chi connectivity index (χ1) is 8.56.